The van der Waals surface area contributed by atoms with Crippen molar-refractivity contribution in [3.63, 3.8) is 0 Å². The zero-order chi connectivity index (χ0) is 28.6. The van der Waals surface area contributed by atoms with E-state index in [9.17, 15) is 14.4 Å². The molecule has 1 aliphatic rings. The second kappa shape index (κ2) is 13.5. The SMILES string of the molecule is CCc1ccc(NC(=O)CSc2nc3ccccc3c(=O)n2CCCC(=O)N2CCN(c3ccccc3)CC2)cc1. The van der Waals surface area contributed by atoms with Crippen molar-refractivity contribution >= 4 is 45.9 Å². The Morgan fingerprint density at radius 1 is 0.902 bits per heavy atom. The zero-order valence-electron chi connectivity index (χ0n) is 23.3. The van der Waals surface area contributed by atoms with Crippen LogP contribution in [0, 0.1) is 0 Å². The molecule has 3 aromatic carbocycles. The van der Waals surface area contributed by atoms with Gasteiger partial charge in [-0.25, -0.2) is 4.98 Å². The van der Waals surface area contributed by atoms with Crippen LogP contribution in [0.3, 0.4) is 0 Å². The summed E-state index contributed by atoms with van der Waals surface area (Å²) in [6.07, 6.45) is 1.80. The third kappa shape index (κ3) is 7.16. The first-order chi connectivity index (χ1) is 20.0. The molecule has 8 nitrogen and oxygen atoms in total. The number of benzene rings is 3. The van der Waals surface area contributed by atoms with Crippen molar-refractivity contribution in [2.45, 2.75) is 37.9 Å². The van der Waals surface area contributed by atoms with Gasteiger partial charge in [0, 0.05) is 50.5 Å². The fourth-order valence-corrected chi connectivity index (χ4v) is 5.83. The zero-order valence-corrected chi connectivity index (χ0v) is 24.1. The summed E-state index contributed by atoms with van der Waals surface area (Å²) in [6, 6.07) is 25.3. The summed E-state index contributed by atoms with van der Waals surface area (Å²) in [4.78, 5) is 48.0. The highest BCUT2D eigenvalue weighted by atomic mass is 32.2. The van der Waals surface area contributed by atoms with Gasteiger partial charge in [-0.05, 0) is 54.8 Å². The van der Waals surface area contributed by atoms with E-state index in [1.54, 1.807) is 16.7 Å². The van der Waals surface area contributed by atoms with Crippen LogP contribution in [0.15, 0.2) is 88.8 Å². The lowest BCUT2D eigenvalue weighted by atomic mass is 10.1. The maximum Gasteiger partial charge on any atom is 0.262 e. The Morgan fingerprint density at radius 3 is 2.34 bits per heavy atom. The molecular weight excluding hydrogens is 534 g/mol. The minimum Gasteiger partial charge on any atom is -0.368 e. The molecular formula is C32H35N5O3S. The molecule has 0 saturated carbocycles. The van der Waals surface area contributed by atoms with E-state index in [-0.39, 0.29) is 23.1 Å². The highest BCUT2D eigenvalue weighted by molar-refractivity contribution is 7.99. The third-order valence-electron chi connectivity index (χ3n) is 7.33. The summed E-state index contributed by atoms with van der Waals surface area (Å²) in [5.74, 6) is 0.0468. The Kier molecular flexibility index (Phi) is 9.36. The molecule has 212 valence electrons. The Bertz CT molecular complexity index is 1550. The molecule has 0 spiro atoms. The molecule has 41 heavy (non-hydrogen) atoms. The van der Waals surface area contributed by atoms with Crippen LogP contribution in [0.1, 0.15) is 25.3 Å². The molecule has 2 heterocycles. The lowest BCUT2D eigenvalue weighted by molar-refractivity contribution is -0.131. The number of carbonyl (C=O) groups excluding carboxylic acids is 2. The van der Waals surface area contributed by atoms with E-state index in [1.165, 1.54) is 23.0 Å². The lowest BCUT2D eigenvalue weighted by Crippen LogP contribution is -2.48. The molecule has 1 aliphatic heterocycles. The van der Waals surface area contributed by atoms with Crippen molar-refractivity contribution in [1.29, 1.82) is 0 Å². The maximum atomic E-state index is 13.4. The normalized spacial score (nSPS) is 13.4. The Labute approximate surface area is 244 Å². The predicted octanol–water partition coefficient (Wildman–Crippen LogP) is 4.82. The molecule has 0 bridgehead atoms. The molecule has 0 radical (unpaired) electrons. The molecule has 1 aromatic heterocycles. The lowest BCUT2D eigenvalue weighted by Gasteiger charge is -2.36. The smallest absolute Gasteiger partial charge is 0.262 e. The Morgan fingerprint density at radius 2 is 1.61 bits per heavy atom. The number of carbonyl (C=O) groups is 2. The van der Waals surface area contributed by atoms with Gasteiger partial charge in [0.15, 0.2) is 5.16 Å². The van der Waals surface area contributed by atoms with Crippen molar-refractivity contribution in [2.75, 3.05) is 42.1 Å². The van der Waals surface area contributed by atoms with Crippen molar-refractivity contribution < 1.29 is 9.59 Å². The molecule has 0 unspecified atom stereocenters. The van der Waals surface area contributed by atoms with Crippen molar-refractivity contribution in [3.8, 4) is 0 Å². The quantitative estimate of drug-likeness (QED) is 0.218. The predicted molar refractivity (Wildman–Crippen MR) is 166 cm³/mol. The number of aromatic nitrogens is 2. The second-order valence-electron chi connectivity index (χ2n) is 10.1. The molecule has 5 rings (SSSR count). The van der Waals surface area contributed by atoms with Crippen LogP contribution < -0.4 is 15.8 Å². The Balaban J connectivity index is 1.20. The van der Waals surface area contributed by atoms with Gasteiger partial charge in [0.2, 0.25) is 11.8 Å². The molecule has 4 aromatic rings. The Hall–Kier alpha value is -4.11. The molecule has 0 atom stereocenters. The number of aryl methyl sites for hydroxylation is 1. The fourth-order valence-electron chi connectivity index (χ4n) is 5.01. The number of hydrogen-bond acceptors (Lipinski definition) is 6. The third-order valence-corrected chi connectivity index (χ3v) is 8.31. The number of nitrogens with one attached hydrogen (secondary N) is 1. The first kappa shape index (κ1) is 28.4. The van der Waals surface area contributed by atoms with E-state index in [1.807, 2.05) is 59.5 Å². The monoisotopic (exact) mass is 569 g/mol. The number of fused-ring (bicyclic) bond motifs is 1. The average molecular weight is 570 g/mol. The van der Waals surface area contributed by atoms with Crippen molar-refractivity contribution in [3.05, 3.63) is 94.8 Å². The number of piperazine rings is 1. The number of hydrogen-bond donors (Lipinski definition) is 1. The molecule has 1 saturated heterocycles. The number of anilines is 2. The second-order valence-corrected chi connectivity index (χ2v) is 11.0. The minimum atomic E-state index is -0.168. The molecule has 9 heteroatoms. The summed E-state index contributed by atoms with van der Waals surface area (Å²) in [5, 5.41) is 3.92. The van der Waals surface area contributed by atoms with Crippen LogP contribution in [0.2, 0.25) is 0 Å². The summed E-state index contributed by atoms with van der Waals surface area (Å²) in [7, 11) is 0. The number of amides is 2. The van der Waals surface area contributed by atoms with E-state index in [4.69, 9.17) is 4.98 Å². The van der Waals surface area contributed by atoms with Gasteiger partial charge in [-0.15, -0.1) is 0 Å². The first-order valence-electron chi connectivity index (χ1n) is 14.1. The first-order valence-corrected chi connectivity index (χ1v) is 15.1. The van der Waals surface area contributed by atoms with Crippen LogP contribution >= 0.6 is 11.8 Å². The van der Waals surface area contributed by atoms with Crippen molar-refractivity contribution in [1.82, 2.24) is 14.5 Å². The van der Waals surface area contributed by atoms with E-state index < -0.39 is 0 Å². The van der Waals surface area contributed by atoms with Crippen LogP contribution in [0.5, 0.6) is 0 Å². The molecule has 2 amide bonds. The van der Waals surface area contributed by atoms with Gasteiger partial charge < -0.3 is 15.1 Å². The van der Waals surface area contributed by atoms with Crippen LogP contribution in [0.4, 0.5) is 11.4 Å². The minimum absolute atomic E-state index is 0.0992. The van der Waals surface area contributed by atoms with Gasteiger partial charge in [-0.2, -0.15) is 0 Å². The van der Waals surface area contributed by atoms with Gasteiger partial charge in [0.25, 0.3) is 5.56 Å². The number of nitrogens with zero attached hydrogens (tertiary/aromatic N) is 4. The van der Waals surface area contributed by atoms with Gasteiger partial charge in [-0.1, -0.05) is 61.2 Å². The molecule has 1 N–H and O–H groups in total. The molecule has 1 fully saturated rings. The van der Waals surface area contributed by atoms with Crippen LogP contribution in [-0.2, 0) is 22.6 Å². The van der Waals surface area contributed by atoms with Gasteiger partial charge in [-0.3, -0.25) is 19.0 Å². The standard InChI is InChI=1S/C32H35N5O3S/c1-2-24-14-16-25(17-15-24)33-29(38)23-41-32-34-28-12-7-6-11-27(28)31(40)37(32)18-8-13-30(39)36-21-19-35(20-22-36)26-9-4-3-5-10-26/h3-7,9-12,14-17H,2,8,13,18-23H2,1H3,(H,33,38). The van der Waals surface area contributed by atoms with Crippen molar-refractivity contribution in [2.24, 2.45) is 0 Å². The fraction of sp³-hybridized carbons (Fsp3) is 0.312. The van der Waals surface area contributed by atoms with Crippen LogP contribution in [0.25, 0.3) is 10.9 Å². The highest BCUT2D eigenvalue weighted by Crippen LogP contribution is 2.20. The van der Waals surface area contributed by atoms with Gasteiger partial charge in [0.1, 0.15) is 0 Å². The van der Waals surface area contributed by atoms with Gasteiger partial charge in [0.05, 0.1) is 16.7 Å². The summed E-state index contributed by atoms with van der Waals surface area (Å²) >= 11 is 1.24. The largest absolute Gasteiger partial charge is 0.368 e. The number of thioether (sulfide) groups is 1. The van der Waals surface area contributed by atoms with Gasteiger partial charge >= 0.3 is 0 Å². The average Bonchev–Trinajstić information content (AvgIpc) is 3.02. The summed E-state index contributed by atoms with van der Waals surface area (Å²) < 4.78 is 1.61. The highest BCUT2D eigenvalue weighted by Gasteiger charge is 2.21. The topological polar surface area (TPSA) is 87.5 Å². The van der Waals surface area contributed by atoms with E-state index >= 15 is 0 Å². The summed E-state index contributed by atoms with van der Waals surface area (Å²) in [6.45, 7) is 5.41. The summed E-state index contributed by atoms with van der Waals surface area (Å²) in [5.41, 5.74) is 3.56. The number of para-hydroxylation sites is 2. The number of rotatable bonds is 10. The maximum absolute atomic E-state index is 13.4. The van der Waals surface area contributed by atoms with Crippen LogP contribution in [-0.4, -0.2) is 58.2 Å². The molecule has 0 aliphatic carbocycles. The van der Waals surface area contributed by atoms with E-state index in [2.05, 4.69) is 29.3 Å². The van der Waals surface area contributed by atoms with E-state index in [0.29, 0.717) is 48.5 Å². The van der Waals surface area contributed by atoms with E-state index in [0.717, 1.165) is 25.2 Å².